The quantitative estimate of drug-likeness (QED) is 0.480. The molecular weight excluding hydrogens is 424 g/mol. The lowest BCUT2D eigenvalue weighted by Gasteiger charge is -2.04. The van der Waals surface area contributed by atoms with Gasteiger partial charge in [0.2, 0.25) is 0 Å². The van der Waals surface area contributed by atoms with Crippen LogP contribution < -0.4 is 0 Å². The molecule has 0 unspecified atom stereocenters. The van der Waals surface area contributed by atoms with Crippen molar-refractivity contribution < 1.29 is 14.6 Å². The predicted octanol–water partition coefficient (Wildman–Crippen LogP) is 3.43. The number of rotatable bonds is 5. The van der Waals surface area contributed by atoms with E-state index in [1.54, 1.807) is 15.6 Å². The Kier molecular flexibility index (Phi) is 4.97. The standard InChI is InChI=1S/C20H17BrN4O3/c1-28-20(27)19-17-9-13(14-11-22-24(12-14)7-8-26)5-6-18(17)25(23-19)16-4-2-3-15(21)10-16/h2-6,9-12,26H,7-8H2,1H3. The van der Waals surface area contributed by atoms with Gasteiger partial charge in [0.05, 0.1) is 37.7 Å². The third-order valence-electron chi connectivity index (χ3n) is 4.41. The first kappa shape index (κ1) is 18.4. The average Bonchev–Trinajstić information content (AvgIpc) is 3.32. The van der Waals surface area contributed by atoms with Gasteiger partial charge in [0.15, 0.2) is 5.69 Å². The topological polar surface area (TPSA) is 82.2 Å². The fraction of sp³-hybridized carbons (Fsp3) is 0.150. The molecule has 0 atom stereocenters. The number of fused-ring (bicyclic) bond motifs is 1. The number of aliphatic hydroxyl groups excluding tert-OH is 1. The highest BCUT2D eigenvalue weighted by Gasteiger charge is 2.19. The number of carbonyl (C=O) groups is 1. The molecule has 8 heteroatoms. The molecule has 0 saturated heterocycles. The largest absolute Gasteiger partial charge is 0.464 e. The lowest BCUT2D eigenvalue weighted by atomic mass is 10.1. The van der Waals surface area contributed by atoms with Crippen LogP contribution in [0.15, 0.2) is 59.3 Å². The number of carbonyl (C=O) groups excluding carboxylic acids is 1. The zero-order valence-electron chi connectivity index (χ0n) is 15.0. The summed E-state index contributed by atoms with van der Waals surface area (Å²) in [5, 5.41) is 18.5. The fourth-order valence-electron chi connectivity index (χ4n) is 3.09. The Morgan fingerprint density at radius 1 is 1.21 bits per heavy atom. The highest BCUT2D eigenvalue weighted by atomic mass is 79.9. The lowest BCUT2D eigenvalue weighted by molar-refractivity contribution is 0.0595. The Hall–Kier alpha value is -2.97. The summed E-state index contributed by atoms with van der Waals surface area (Å²) in [4.78, 5) is 12.3. The summed E-state index contributed by atoms with van der Waals surface area (Å²) < 4.78 is 9.25. The van der Waals surface area contributed by atoms with Crippen molar-refractivity contribution >= 4 is 32.8 Å². The molecule has 0 fully saturated rings. The van der Waals surface area contributed by atoms with E-state index in [0.29, 0.717) is 11.9 Å². The maximum absolute atomic E-state index is 12.3. The smallest absolute Gasteiger partial charge is 0.359 e. The van der Waals surface area contributed by atoms with Crippen LogP contribution in [0.3, 0.4) is 0 Å². The van der Waals surface area contributed by atoms with Gasteiger partial charge in [-0.3, -0.25) is 4.68 Å². The molecule has 0 radical (unpaired) electrons. The molecule has 142 valence electrons. The second kappa shape index (κ2) is 7.57. The number of benzene rings is 2. The van der Waals surface area contributed by atoms with E-state index in [2.05, 4.69) is 26.1 Å². The number of aromatic nitrogens is 4. The molecule has 0 aliphatic rings. The molecule has 0 spiro atoms. The maximum atomic E-state index is 12.3. The number of ether oxygens (including phenoxy) is 1. The molecule has 4 rings (SSSR count). The van der Waals surface area contributed by atoms with Crippen molar-refractivity contribution in [1.82, 2.24) is 19.6 Å². The van der Waals surface area contributed by atoms with Gasteiger partial charge in [0, 0.05) is 21.6 Å². The first-order chi connectivity index (χ1) is 13.6. The van der Waals surface area contributed by atoms with Crippen molar-refractivity contribution in [3.63, 3.8) is 0 Å². The van der Waals surface area contributed by atoms with E-state index >= 15 is 0 Å². The summed E-state index contributed by atoms with van der Waals surface area (Å²) in [6, 6.07) is 13.5. The molecule has 2 heterocycles. The summed E-state index contributed by atoms with van der Waals surface area (Å²) in [6.07, 6.45) is 3.58. The van der Waals surface area contributed by atoms with Gasteiger partial charge in [0.25, 0.3) is 0 Å². The van der Waals surface area contributed by atoms with Crippen LogP contribution in [0.2, 0.25) is 0 Å². The molecule has 2 aromatic carbocycles. The molecule has 28 heavy (non-hydrogen) atoms. The summed E-state index contributed by atoms with van der Waals surface area (Å²) in [7, 11) is 1.34. The van der Waals surface area contributed by atoms with Crippen molar-refractivity contribution in [1.29, 1.82) is 0 Å². The van der Waals surface area contributed by atoms with Gasteiger partial charge in [-0.1, -0.05) is 28.1 Å². The van der Waals surface area contributed by atoms with Gasteiger partial charge in [0.1, 0.15) is 0 Å². The van der Waals surface area contributed by atoms with Crippen LogP contribution in [0.5, 0.6) is 0 Å². The van der Waals surface area contributed by atoms with Crippen molar-refractivity contribution in [2.75, 3.05) is 13.7 Å². The van der Waals surface area contributed by atoms with Crippen molar-refractivity contribution in [3.05, 3.63) is 65.0 Å². The molecule has 4 aromatic rings. The van der Waals surface area contributed by atoms with Gasteiger partial charge in [-0.2, -0.15) is 10.2 Å². The second-order valence-corrected chi connectivity index (χ2v) is 7.10. The number of methoxy groups -OCH3 is 1. The minimum absolute atomic E-state index is 0.0199. The van der Waals surface area contributed by atoms with Gasteiger partial charge < -0.3 is 9.84 Å². The second-order valence-electron chi connectivity index (χ2n) is 6.18. The van der Waals surface area contributed by atoms with Crippen LogP contribution in [-0.2, 0) is 11.3 Å². The number of hydrogen-bond donors (Lipinski definition) is 1. The molecular formula is C20H17BrN4O3. The first-order valence-electron chi connectivity index (χ1n) is 8.61. The molecule has 0 amide bonds. The van der Waals surface area contributed by atoms with Gasteiger partial charge >= 0.3 is 5.97 Å². The van der Waals surface area contributed by atoms with Crippen LogP contribution >= 0.6 is 15.9 Å². The van der Waals surface area contributed by atoms with Gasteiger partial charge in [-0.15, -0.1) is 0 Å². The minimum Gasteiger partial charge on any atom is -0.464 e. The van der Waals surface area contributed by atoms with Crippen molar-refractivity contribution in [2.45, 2.75) is 6.54 Å². The van der Waals surface area contributed by atoms with Crippen molar-refractivity contribution in [3.8, 4) is 16.8 Å². The molecule has 7 nitrogen and oxygen atoms in total. The van der Waals surface area contributed by atoms with E-state index < -0.39 is 5.97 Å². The molecule has 1 N–H and O–H groups in total. The van der Waals surface area contributed by atoms with Crippen LogP contribution in [0.25, 0.3) is 27.7 Å². The minimum atomic E-state index is -0.494. The SMILES string of the molecule is COC(=O)c1nn(-c2cccc(Br)c2)c2ccc(-c3cnn(CCO)c3)cc12. The first-order valence-corrected chi connectivity index (χ1v) is 9.40. The molecule has 0 aliphatic carbocycles. The predicted molar refractivity (Wildman–Crippen MR) is 108 cm³/mol. The summed E-state index contributed by atoms with van der Waals surface area (Å²) in [5.74, 6) is -0.494. The zero-order chi connectivity index (χ0) is 19.7. The summed E-state index contributed by atoms with van der Waals surface area (Å²) >= 11 is 3.47. The monoisotopic (exact) mass is 440 g/mol. The van der Waals surface area contributed by atoms with Crippen LogP contribution in [0.4, 0.5) is 0 Å². The molecule has 0 aliphatic heterocycles. The van der Waals surface area contributed by atoms with Crippen LogP contribution in [0.1, 0.15) is 10.5 Å². The number of esters is 1. The number of aliphatic hydroxyl groups is 1. The summed E-state index contributed by atoms with van der Waals surface area (Å²) in [5.41, 5.74) is 3.67. The van der Waals surface area contributed by atoms with E-state index in [1.807, 2.05) is 48.7 Å². The van der Waals surface area contributed by atoms with Crippen molar-refractivity contribution in [2.24, 2.45) is 0 Å². The van der Waals surface area contributed by atoms with Gasteiger partial charge in [-0.05, 0) is 35.9 Å². The third-order valence-corrected chi connectivity index (χ3v) is 4.90. The van der Waals surface area contributed by atoms with E-state index in [0.717, 1.165) is 26.8 Å². The Balaban J connectivity index is 1.88. The van der Waals surface area contributed by atoms with E-state index in [-0.39, 0.29) is 12.3 Å². The van der Waals surface area contributed by atoms with Crippen LogP contribution in [-0.4, -0.2) is 44.4 Å². The van der Waals surface area contributed by atoms with E-state index in [4.69, 9.17) is 9.84 Å². The molecule has 2 aromatic heterocycles. The lowest BCUT2D eigenvalue weighted by Crippen LogP contribution is -2.04. The molecule has 0 saturated carbocycles. The highest BCUT2D eigenvalue weighted by Crippen LogP contribution is 2.29. The Morgan fingerprint density at radius 3 is 2.82 bits per heavy atom. The van der Waals surface area contributed by atoms with E-state index in [9.17, 15) is 4.79 Å². The average molecular weight is 441 g/mol. The number of nitrogens with zero attached hydrogens (tertiary/aromatic N) is 4. The van der Waals surface area contributed by atoms with Gasteiger partial charge in [-0.25, -0.2) is 9.48 Å². The van der Waals surface area contributed by atoms with E-state index in [1.165, 1.54) is 7.11 Å². The van der Waals surface area contributed by atoms with Crippen LogP contribution in [0, 0.1) is 0 Å². The zero-order valence-corrected chi connectivity index (χ0v) is 16.6. The normalized spacial score (nSPS) is 11.1. The fourth-order valence-corrected chi connectivity index (χ4v) is 3.47. The number of halogens is 1. The molecule has 0 bridgehead atoms. The Labute approximate surface area is 169 Å². The number of hydrogen-bond acceptors (Lipinski definition) is 5. The Morgan fingerprint density at radius 2 is 2.07 bits per heavy atom. The highest BCUT2D eigenvalue weighted by molar-refractivity contribution is 9.10. The third kappa shape index (κ3) is 3.32. The summed E-state index contributed by atoms with van der Waals surface area (Å²) in [6.45, 7) is 0.447. The maximum Gasteiger partial charge on any atom is 0.359 e. The Bertz CT molecular complexity index is 1170.